The van der Waals surface area contributed by atoms with Gasteiger partial charge in [-0.2, -0.15) is 0 Å². The van der Waals surface area contributed by atoms with E-state index in [1.165, 1.54) is 0 Å². The van der Waals surface area contributed by atoms with Crippen LogP contribution in [-0.2, 0) is 0 Å². The Labute approximate surface area is 61.2 Å². The maximum atomic E-state index is 12.8. The molecule has 0 radical (unpaired) electrons. The van der Waals surface area contributed by atoms with Crippen molar-refractivity contribution in [1.82, 2.24) is 0 Å². The molecule has 1 aliphatic carbocycles. The van der Waals surface area contributed by atoms with Gasteiger partial charge in [0.05, 0.1) is 5.60 Å². The van der Waals surface area contributed by atoms with Gasteiger partial charge in [-0.3, -0.25) is 0 Å². The summed E-state index contributed by atoms with van der Waals surface area (Å²) in [5.74, 6) is 0. The Morgan fingerprint density at radius 2 is 2.00 bits per heavy atom. The number of hydrogen-bond donors (Lipinski definition) is 1. The summed E-state index contributed by atoms with van der Waals surface area (Å²) in [7, 11) is 0. The molecule has 0 atom stereocenters. The molecule has 10 heavy (non-hydrogen) atoms. The van der Waals surface area contributed by atoms with Gasteiger partial charge >= 0.3 is 0 Å². The molecule has 1 saturated carbocycles. The zero-order chi connectivity index (χ0) is 7.83. The minimum absolute atomic E-state index is 0.476. The minimum Gasteiger partial charge on any atom is -0.390 e. The number of alkyl halides is 1. The zero-order valence-electron chi connectivity index (χ0n) is 6.65. The number of aliphatic hydroxyl groups is 1. The molecular formula is C8H15FO. The summed E-state index contributed by atoms with van der Waals surface area (Å²) in [6, 6.07) is 0. The number of rotatable bonds is 3. The quantitative estimate of drug-likeness (QED) is 0.646. The van der Waals surface area contributed by atoms with E-state index in [4.69, 9.17) is 0 Å². The molecule has 2 heteroatoms. The lowest BCUT2D eigenvalue weighted by Crippen LogP contribution is -2.17. The highest BCUT2D eigenvalue weighted by atomic mass is 19.1. The van der Waals surface area contributed by atoms with E-state index in [-0.39, 0.29) is 0 Å². The molecule has 1 aliphatic rings. The molecule has 0 aliphatic heterocycles. The van der Waals surface area contributed by atoms with E-state index in [0.717, 1.165) is 12.8 Å². The Kier molecular flexibility index (Phi) is 1.75. The molecule has 0 aromatic carbocycles. The van der Waals surface area contributed by atoms with Crippen molar-refractivity contribution in [3.63, 3.8) is 0 Å². The van der Waals surface area contributed by atoms with Crippen molar-refractivity contribution in [1.29, 1.82) is 0 Å². The van der Waals surface area contributed by atoms with E-state index in [1.54, 1.807) is 13.8 Å². The first kappa shape index (κ1) is 7.99. The third-order valence-electron chi connectivity index (χ3n) is 2.01. The summed E-state index contributed by atoms with van der Waals surface area (Å²) in [5, 5.41) is 9.33. The monoisotopic (exact) mass is 146 g/mol. The number of halogens is 1. The standard InChI is InChI=1S/C8H15FO/c1-7(2,9)3-4-8(10)5-6-8/h10H,3-6H2,1-2H3. The molecule has 1 fully saturated rings. The van der Waals surface area contributed by atoms with E-state index in [2.05, 4.69) is 0 Å². The highest BCUT2D eigenvalue weighted by Gasteiger charge is 2.40. The molecule has 0 heterocycles. The maximum absolute atomic E-state index is 12.8. The molecule has 0 aromatic heterocycles. The predicted octanol–water partition coefficient (Wildman–Crippen LogP) is 2.04. The van der Waals surface area contributed by atoms with Gasteiger partial charge in [0.15, 0.2) is 0 Å². The van der Waals surface area contributed by atoms with Crippen molar-refractivity contribution >= 4 is 0 Å². The van der Waals surface area contributed by atoms with Crippen LogP contribution in [0.15, 0.2) is 0 Å². The van der Waals surface area contributed by atoms with Crippen LogP contribution in [0.2, 0.25) is 0 Å². The van der Waals surface area contributed by atoms with Crippen LogP contribution in [0.4, 0.5) is 4.39 Å². The van der Waals surface area contributed by atoms with Crippen molar-refractivity contribution in [2.45, 2.75) is 50.8 Å². The first-order valence-electron chi connectivity index (χ1n) is 3.83. The van der Waals surface area contributed by atoms with Gasteiger partial charge in [0, 0.05) is 0 Å². The number of hydrogen-bond acceptors (Lipinski definition) is 1. The van der Waals surface area contributed by atoms with Crippen LogP contribution in [0.3, 0.4) is 0 Å². The lowest BCUT2D eigenvalue weighted by atomic mass is 10.0. The van der Waals surface area contributed by atoms with Gasteiger partial charge in [-0.25, -0.2) is 4.39 Å². The molecule has 1 N–H and O–H groups in total. The topological polar surface area (TPSA) is 20.2 Å². The van der Waals surface area contributed by atoms with Crippen LogP contribution in [0, 0.1) is 0 Å². The summed E-state index contributed by atoms with van der Waals surface area (Å²) < 4.78 is 12.8. The second kappa shape index (κ2) is 2.19. The van der Waals surface area contributed by atoms with E-state index in [0.29, 0.717) is 12.8 Å². The van der Waals surface area contributed by atoms with Gasteiger partial charge in [-0.15, -0.1) is 0 Å². The van der Waals surface area contributed by atoms with E-state index >= 15 is 0 Å². The molecule has 0 aromatic rings. The summed E-state index contributed by atoms with van der Waals surface area (Å²) in [6.07, 6.45) is 2.83. The second-order valence-corrected chi connectivity index (χ2v) is 3.94. The predicted molar refractivity (Wildman–Crippen MR) is 38.6 cm³/mol. The first-order valence-corrected chi connectivity index (χ1v) is 3.83. The molecule has 1 nitrogen and oxygen atoms in total. The lowest BCUT2D eigenvalue weighted by molar-refractivity contribution is 0.103. The Bertz CT molecular complexity index is 116. The summed E-state index contributed by atoms with van der Waals surface area (Å²) in [6.45, 7) is 3.11. The highest BCUT2D eigenvalue weighted by Crippen LogP contribution is 2.40. The molecule has 0 bridgehead atoms. The zero-order valence-corrected chi connectivity index (χ0v) is 6.65. The fraction of sp³-hybridized carbons (Fsp3) is 1.00. The largest absolute Gasteiger partial charge is 0.390 e. The van der Waals surface area contributed by atoms with E-state index in [1.807, 2.05) is 0 Å². The smallest absolute Gasteiger partial charge is 0.105 e. The second-order valence-electron chi connectivity index (χ2n) is 3.94. The fourth-order valence-corrected chi connectivity index (χ4v) is 0.924. The van der Waals surface area contributed by atoms with Crippen molar-refractivity contribution in [3.8, 4) is 0 Å². The Morgan fingerprint density at radius 1 is 1.50 bits per heavy atom. The molecule has 1 rings (SSSR count). The summed E-state index contributed by atoms with van der Waals surface area (Å²) >= 11 is 0. The van der Waals surface area contributed by atoms with Gasteiger partial charge in [-0.1, -0.05) is 0 Å². The molecule has 60 valence electrons. The van der Waals surface area contributed by atoms with Gasteiger partial charge in [-0.05, 0) is 39.5 Å². The van der Waals surface area contributed by atoms with Crippen molar-refractivity contribution in [2.75, 3.05) is 0 Å². The van der Waals surface area contributed by atoms with Crippen molar-refractivity contribution in [3.05, 3.63) is 0 Å². The Balaban J connectivity index is 2.17. The average molecular weight is 146 g/mol. The molecule has 0 spiro atoms. The lowest BCUT2D eigenvalue weighted by Gasteiger charge is -2.15. The van der Waals surface area contributed by atoms with Gasteiger partial charge in [0.25, 0.3) is 0 Å². The highest BCUT2D eigenvalue weighted by molar-refractivity contribution is 4.94. The Hall–Kier alpha value is -0.110. The molecular weight excluding hydrogens is 131 g/mol. The van der Waals surface area contributed by atoms with Crippen LogP contribution in [0.1, 0.15) is 39.5 Å². The summed E-state index contributed by atoms with van der Waals surface area (Å²) in [5.41, 5.74) is -1.60. The van der Waals surface area contributed by atoms with E-state index < -0.39 is 11.3 Å². The van der Waals surface area contributed by atoms with Crippen LogP contribution in [0.25, 0.3) is 0 Å². The van der Waals surface area contributed by atoms with Crippen molar-refractivity contribution < 1.29 is 9.50 Å². The van der Waals surface area contributed by atoms with Crippen LogP contribution >= 0.6 is 0 Å². The van der Waals surface area contributed by atoms with Gasteiger partial charge < -0.3 is 5.11 Å². The van der Waals surface area contributed by atoms with E-state index in [9.17, 15) is 9.50 Å². The third-order valence-corrected chi connectivity index (χ3v) is 2.01. The SMILES string of the molecule is CC(C)(F)CCC1(O)CC1. The van der Waals surface area contributed by atoms with Gasteiger partial charge in [0.1, 0.15) is 5.67 Å². The minimum atomic E-state index is -1.11. The molecule has 0 unspecified atom stereocenters. The fourth-order valence-electron chi connectivity index (χ4n) is 0.924. The van der Waals surface area contributed by atoms with Crippen LogP contribution in [0.5, 0.6) is 0 Å². The van der Waals surface area contributed by atoms with Crippen LogP contribution < -0.4 is 0 Å². The van der Waals surface area contributed by atoms with Crippen molar-refractivity contribution in [2.24, 2.45) is 0 Å². The van der Waals surface area contributed by atoms with Crippen LogP contribution in [-0.4, -0.2) is 16.4 Å². The molecule has 0 amide bonds. The normalized spacial score (nSPS) is 22.8. The first-order chi connectivity index (χ1) is 4.41. The Morgan fingerprint density at radius 3 is 2.30 bits per heavy atom. The maximum Gasteiger partial charge on any atom is 0.105 e. The third kappa shape index (κ3) is 2.65. The summed E-state index contributed by atoms with van der Waals surface area (Å²) in [4.78, 5) is 0. The average Bonchev–Trinajstić information content (AvgIpc) is 2.43. The molecule has 0 saturated heterocycles. The van der Waals surface area contributed by atoms with Gasteiger partial charge in [0.2, 0.25) is 0 Å².